The molecule has 17 heavy (non-hydrogen) atoms. The van der Waals surface area contributed by atoms with Crippen molar-refractivity contribution in [3.63, 3.8) is 0 Å². The maximum absolute atomic E-state index is 12.6. The van der Waals surface area contributed by atoms with Crippen LogP contribution in [0.3, 0.4) is 0 Å². The molecule has 1 amide bonds. The van der Waals surface area contributed by atoms with Gasteiger partial charge in [-0.15, -0.1) is 0 Å². The number of nitrogens with one attached hydrogen (secondary N) is 1. The summed E-state index contributed by atoms with van der Waals surface area (Å²) in [6.45, 7) is 1.87. The summed E-state index contributed by atoms with van der Waals surface area (Å²) in [5.74, 6) is -0.247. The lowest BCUT2D eigenvalue weighted by Crippen LogP contribution is -2.51. The minimum absolute atomic E-state index is 0.162. The Hall–Kier alpha value is -1.53. The largest absolute Gasteiger partial charge is 0.390 e. The molecule has 0 aromatic carbocycles. The van der Waals surface area contributed by atoms with Crippen LogP contribution in [0.4, 0.5) is 10.2 Å². The molecule has 1 aliphatic heterocycles. The fourth-order valence-corrected chi connectivity index (χ4v) is 1.64. The van der Waals surface area contributed by atoms with Crippen molar-refractivity contribution in [3.8, 4) is 0 Å². The number of aliphatic hydroxyl groups excluding tert-OH is 1. The molecule has 1 aromatic heterocycles. The fraction of sp³-hybridized carbons (Fsp3) is 0.455. The third-order valence-corrected chi connectivity index (χ3v) is 2.59. The molecule has 1 aliphatic rings. The molecule has 2 N–H and O–H groups in total. The van der Waals surface area contributed by atoms with Gasteiger partial charge in [0.15, 0.2) is 0 Å². The van der Waals surface area contributed by atoms with Gasteiger partial charge in [-0.05, 0) is 12.1 Å². The number of carbonyl (C=O) groups excluding carboxylic acids is 1. The molecule has 1 aromatic rings. The number of likely N-dealkylation sites (tertiary alicyclic amines) is 1. The number of pyridine rings is 1. The van der Waals surface area contributed by atoms with E-state index in [0.29, 0.717) is 31.9 Å². The van der Waals surface area contributed by atoms with E-state index in [0.717, 1.165) is 6.20 Å². The second-order valence-corrected chi connectivity index (χ2v) is 4.07. The number of anilines is 1. The number of β-amino-alcohol motifs (C(OH)–C–C–N with tert-alkyl or cyclic N) is 1. The molecular formula is C11H14FN3O2. The van der Waals surface area contributed by atoms with E-state index in [1.165, 1.54) is 12.1 Å². The first-order chi connectivity index (χ1) is 8.13. The van der Waals surface area contributed by atoms with Crippen molar-refractivity contribution in [3.05, 3.63) is 24.1 Å². The van der Waals surface area contributed by atoms with Gasteiger partial charge in [-0.25, -0.2) is 9.37 Å². The SMILES string of the molecule is O=C(CCN1CC(O)C1)Nc1ccc(F)cn1. The van der Waals surface area contributed by atoms with Crippen LogP contribution >= 0.6 is 0 Å². The van der Waals surface area contributed by atoms with Gasteiger partial charge in [-0.3, -0.25) is 9.69 Å². The first-order valence-electron chi connectivity index (χ1n) is 5.45. The Morgan fingerprint density at radius 3 is 2.94 bits per heavy atom. The van der Waals surface area contributed by atoms with Crippen molar-refractivity contribution in [2.75, 3.05) is 25.0 Å². The number of hydrogen-bond acceptors (Lipinski definition) is 4. The molecular weight excluding hydrogens is 225 g/mol. The smallest absolute Gasteiger partial charge is 0.226 e. The molecule has 0 spiro atoms. The number of aromatic nitrogens is 1. The van der Waals surface area contributed by atoms with Crippen molar-refractivity contribution in [2.24, 2.45) is 0 Å². The molecule has 0 aliphatic carbocycles. The Kier molecular flexibility index (Phi) is 3.65. The standard InChI is InChI=1S/C11H14FN3O2/c12-8-1-2-10(13-5-8)14-11(17)3-4-15-6-9(16)7-15/h1-2,5,9,16H,3-4,6-7H2,(H,13,14,17). The Morgan fingerprint density at radius 1 is 1.59 bits per heavy atom. The Balaban J connectivity index is 1.71. The highest BCUT2D eigenvalue weighted by Gasteiger charge is 2.24. The van der Waals surface area contributed by atoms with E-state index in [1.54, 1.807) is 0 Å². The number of hydrogen-bond donors (Lipinski definition) is 2. The van der Waals surface area contributed by atoms with Crippen LogP contribution in [0, 0.1) is 5.82 Å². The van der Waals surface area contributed by atoms with Crippen LogP contribution in [-0.2, 0) is 4.79 Å². The Labute approximate surface area is 98.3 Å². The second-order valence-electron chi connectivity index (χ2n) is 4.07. The van der Waals surface area contributed by atoms with Gasteiger partial charge in [0.1, 0.15) is 11.6 Å². The number of halogens is 1. The topological polar surface area (TPSA) is 65.5 Å². The molecule has 0 atom stereocenters. The molecule has 0 unspecified atom stereocenters. The maximum atomic E-state index is 12.6. The number of aliphatic hydroxyl groups is 1. The molecule has 5 nitrogen and oxygen atoms in total. The van der Waals surface area contributed by atoms with Crippen molar-refractivity contribution >= 4 is 11.7 Å². The molecule has 0 radical (unpaired) electrons. The van der Waals surface area contributed by atoms with Crippen LogP contribution in [0.5, 0.6) is 0 Å². The highest BCUT2D eigenvalue weighted by atomic mass is 19.1. The van der Waals surface area contributed by atoms with Crippen LogP contribution in [0.1, 0.15) is 6.42 Å². The summed E-state index contributed by atoms with van der Waals surface area (Å²) in [7, 11) is 0. The molecule has 1 saturated heterocycles. The molecule has 92 valence electrons. The molecule has 0 saturated carbocycles. The summed E-state index contributed by atoms with van der Waals surface area (Å²) in [5.41, 5.74) is 0. The zero-order chi connectivity index (χ0) is 12.3. The lowest BCUT2D eigenvalue weighted by atomic mass is 10.1. The Bertz CT molecular complexity index is 390. The van der Waals surface area contributed by atoms with Crippen molar-refractivity contribution in [1.29, 1.82) is 0 Å². The van der Waals surface area contributed by atoms with Gasteiger partial charge in [-0.1, -0.05) is 0 Å². The highest BCUT2D eigenvalue weighted by Crippen LogP contribution is 2.08. The van der Waals surface area contributed by atoms with Crippen molar-refractivity contribution in [1.82, 2.24) is 9.88 Å². The fourth-order valence-electron chi connectivity index (χ4n) is 1.64. The lowest BCUT2D eigenvalue weighted by Gasteiger charge is -2.35. The maximum Gasteiger partial charge on any atom is 0.226 e. The second kappa shape index (κ2) is 5.20. The minimum Gasteiger partial charge on any atom is -0.390 e. The summed E-state index contributed by atoms with van der Waals surface area (Å²) in [6, 6.07) is 2.66. The number of rotatable bonds is 4. The van der Waals surface area contributed by atoms with Gasteiger partial charge in [0.05, 0.1) is 12.3 Å². The van der Waals surface area contributed by atoms with Crippen LogP contribution < -0.4 is 5.32 Å². The highest BCUT2D eigenvalue weighted by molar-refractivity contribution is 5.89. The molecule has 6 heteroatoms. The quantitative estimate of drug-likeness (QED) is 0.789. The monoisotopic (exact) mass is 239 g/mol. The predicted octanol–water partition coefficient (Wildman–Crippen LogP) is 0.226. The van der Waals surface area contributed by atoms with E-state index in [-0.39, 0.29) is 12.0 Å². The first-order valence-corrected chi connectivity index (χ1v) is 5.45. The average molecular weight is 239 g/mol. The molecule has 0 bridgehead atoms. The molecule has 1 fully saturated rings. The number of nitrogens with zero attached hydrogens (tertiary/aromatic N) is 2. The summed E-state index contributed by atoms with van der Waals surface area (Å²) < 4.78 is 12.6. The zero-order valence-corrected chi connectivity index (χ0v) is 9.27. The number of carbonyl (C=O) groups is 1. The summed E-state index contributed by atoms with van der Waals surface area (Å²) in [6.07, 6.45) is 1.14. The van der Waals surface area contributed by atoms with Gasteiger partial charge in [-0.2, -0.15) is 0 Å². The van der Waals surface area contributed by atoms with E-state index in [1.807, 2.05) is 4.90 Å². The summed E-state index contributed by atoms with van der Waals surface area (Å²) in [5, 5.41) is 11.6. The summed E-state index contributed by atoms with van der Waals surface area (Å²) in [4.78, 5) is 17.2. The average Bonchev–Trinajstić information content (AvgIpc) is 2.26. The van der Waals surface area contributed by atoms with Gasteiger partial charge < -0.3 is 10.4 Å². The van der Waals surface area contributed by atoms with Crippen LogP contribution in [0.2, 0.25) is 0 Å². The molecule has 2 heterocycles. The predicted molar refractivity (Wildman–Crippen MR) is 59.9 cm³/mol. The zero-order valence-electron chi connectivity index (χ0n) is 9.27. The molecule has 2 rings (SSSR count). The van der Waals surface area contributed by atoms with E-state index in [9.17, 15) is 9.18 Å². The first kappa shape index (κ1) is 11.9. The van der Waals surface area contributed by atoms with Crippen molar-refractivity contribution < 1.29 is 14.3 Å². The summed E-state index contributed by atoms with van der Waals surface area (Å²) >= 11 is 0. The van der Waals surface area contributed by atoms with Gasteiger partial charge in [0, 0.05) is 26.1 Å². The van der Waals surface area contributed by atoms with Gasteiger partial charge >= 0.3 is 0 Å². The van der Waals surface area contributed by atoms with Crippen LogP contribution in [0.15, 0.2) is 18.3 Å². The number of amides is 1. The minimum atomic E-state index is -0.433. The lowest BCUT2D eigenvalue weighted by molar-refractivity contribution is -0.117. The van der Waals surface area contributed by atoms with E-state index >= 15 is 0 Å². The van der Waals surface area contributed by atoms with E-state index in [4.69, 9.17) is 5.11 Å². The van der Waals surface area contributed by atoms with E-state index in [2.05, 4.69) is 10.3 Å². The third-order valence-electron chi connectivity index (χ3n) is 2.59. The Morgan fingerprint density at radius 2 is 2.35 bits per heavy atom. The van der Waals surface area contributed by atoms with Gasteiger partial charge in [0.25, 0.3) is 0 Å². The van der Waals surface area contributed by atoms with Crippen LogP contribution in [-0.4, -0.2) is 46.6 Å². The normalized spacial score (nSPS) is 16.6. The van der Waals surface area contributed by atoms with Gasteiger partial charge in [0.2, 0.25) is 5.91 Å². The van der Waals surface area contributed by atoms with E-state index < -0.39 is 5.82 Å². The van der Waals surface area contributed by atoms with Crippen LogP contribution in [0.25, 0.3) is 0 Å². The third kappa shape index (κ3) is 3.47. The van der Waals surface area contributed by atoms with Crippen molar-refractivity contribution in [2.45, 2.75) is 12.5 Å².